The predicted molar refractivity (Wildman–Crippen MR) is 142 cm³/mol. The van der Waals surface area contributed by atoms with Crippen molar-refractivity contribution in [1.82, 2.24) is 20.6 Å². The summed E-state index contributed by atoms with van der Waals surface area (Å²) in [6.07, 6.45) is 2.92. The number of nitrogens with one attached hydrogen (secondary N) is 3. The van der Waals surface area contributed by atoms with E-state index in [0.717, 1.165) is 23.9 Å². The van der Waals surface area contributed by atoms with E-state index >= 15 is 0 Å². The first-order valence-electron chi connectivity index (χ1n) is 10.7. The number of nitrogens with zero attached hydrogens (tertiary/aromatic N) is 2. The highest BCUT2D eigenvalue weighted by atomic mass is 127. The van der Waals surface area contributed by atoms with Crippen LogP contribution in [0.3, 0.4) is 0 Å². The van der Waals surface area contributed by atoms with E-state index in [1.165, 1.54) is 33.4 Å². The third-order valence-corrected chi connectivity index (χ3v) is 6.32. The molecule has 0 saturated heterocycles. The zero-order valence-corrected chi connectivity index (χ0v) is 22.4. The Hall–Kier alpha value is -2.14. The standard InChI is InChI=1S/C23H31N5O2S.HI/c1-6-24-23(25-12-11-17-13-26-19-14(3)9-8-10-18(17)19)28-16(5)21-27-15(4)20(31-21)22(29)30-7-2;/h8-10,13,16,26H,6-7,11-12H2,1-5H3,(H2,24,25,28);1H. The number of hydrogen-bond acceptors (Lipinski definition) is 5. The molecule has 32 heavy (non-hydrogen) atoms. The number of H-pyrrole nitrogens is 1. The lowest BCUT2D eigenvalue weighted by Crippen LogP contribution is -2.38. The highest BCUT2D eigenvalue weighted by Gasteiger charge is 2.20. The number of aryl methyl sites for hydroxylation is 2. The number of ether oxygens (including phenoxy) is 1. The molecule has 0 fully saturated rings. The van der Waals surface area contributed by atoms with Gasteiger partial charge < -0.3 is 20.4 Å². The molecular formula is C23H32IN5O2S. The first-order chi connectivity index (χ1) is 14.9. The Morgan fingerprint density at radius 2 is 2.09 bits per heavy atom. The molecule has 1 atom stereocenters. The van der Waals surface area contributed by atoms with Gasteiger partial charge in [0.05, 0.1) is 18.3 Å². The number of rotatable bonds is 8. The Morgan fingerprint density at radius 3 is 2.81 bits per heavy atom. The number of hydrogen-bond donors (Lipinski definition) is 3. The number of carbonyl (C=O) groups excluding carboxylic acids is 1. The van der Waals surface area contributed by atoms with Gasteiger partial charge in [0, 0.05) is 30.2 Å². The summed E-state index contributed by atoms with van der Waals surface area (Å²) < 4.78 is 5.12. The molecule has 1 unspecified atom stereocenters. The third kappa shape index (κ3) is 6.22. The van der Waals surface area contributed by atoms with Crippen molar-refractivity contribution in [3.05, 3.63) is 51.1 Å². The zero-order valence-electron chi connectivity index (χ0n) is 19.2. The van der Waals surface area contributed by atoms with Gasteiger partial charge in [0.2, 0.25) is 0 Å². The van der Waals surface area contributed by atoms with E-state index in [4.69, 9.17) is 9.73 Å². The van der Waals surface area contributed by atoms with E-state index in [2.05, 4.69) is 51.9 Å². The molecule has 0 spiro atoms. The molecule has 0 radical (unpaired) electrons. The molecular weight excluding hydrogens is 537 g/mol. The highest BCUT2D eigenvalue weighted by molar-refractivity contribution is 14.0. The largest absolute Gasteiger partial charge is 0.462 e. The van der Waals surface area contributed by atoms with E-state index in [1.54, 1.807) is 6.92 Å². The van der Waals surface area contributed by atoms with Gasteiger partial charge in [-0.2, -0.15) is 0 Å². The fraction of sp³-hybridized carbons (Fsp3) is 0.435. The summed E-state index contributed by atoms with van der Waals surface area (Å²) in [5, 5.41) is 8.78. The van der Waals surface area contributed by atoms with Crippen molar-refractivity contribution in [1.29, 1.82) is 0 Å². The first kappa shape index (κ1) is 26.1. The second kappa shape index (κ2) is 12.2. The topological polar surface area (TPSA) is 91.4 Å². The van der Waals surface area contributed by atoms with E-state index in [-0.39, 0.29) is 36.0 Å². The second-order valence-electron chi connectivity index (χ2n) is 7.38. The van der Waals surface area contributed by atoms with Crippen LogP contribution in [0.4, 0.5) is 0 Å². The maximum absolute atomic E-state index is 12.1. The van der Waals surface area contributed by atoms with Crippen LogP contribution in [-0.2, 0) is 11.2 Å². The van der Waals surface area contributed by atoms with Crippen LogP contribution < -0.4 is 10.6 Å². The summed E-state index contributed by atoms with van der Waals surface area (Å²) in [4.78, 5) is 25.3. The number of carbonyl (C=O) groups is 1. The SMILES string of the molecule is CCNC(=NCCc1c[nH]c2c(C)cccc12)NC(C)c1nc(C)c(C(=O)OCC)s1.I. The molecule has 0 aliphatic rings. The van der Waals surface area contributed by atoms with Crippen molar-refractivity contribution in [3.8, 4) is 0 Å². The summed E-state index contributed by atoms with van der Waals surface area (Å²) in [6, 6.07) is 6.27. The number of aliphatic imine (C=N–C) groups is 1. The number of thiazole rings is 1. The number of halogens is 1. The molecule has 0 aliphatic carbocycles. The molecule has 0 aliphatic heterocycles. The van der Waals surface area contributed by atoms with Gasteiger partial charge >= 0.3 is 5.97 Å². The second-order valence-corrected chi connectivity index (χ2v) is 8.41. The lowest BCUT2D eigenvalue weighted by molar-refractivity contribution is 0.0531. The van der Waals surface area contributed by atoms with Crippen LogP contribution in [0.2, 0.25) is 0 Å². The summed E-state index contributed by atoms with van der Waals surface area (Å²) in [7, 11) is 0. The summed E-state index contributed by atoms with van der Waals surface area (Å²) in [5.74, 6) is 0.419. The third-order valence-electron chi connectivity index (χ3n) is 5.00. The minimum Gasteiger partial charge on any atom is -0.462 e. The monoisotopic (exact) mass is 569 g/mol. The molecule has 9 heteroatoms. The van der Waals surface area contributed by atoms with Crippen molar-refractivity contribution in [2.45, 2.75) is 47.1 Å². The average Bonchev–Trinajstić information content (AvgIpc) is 3.33. The van der Waals surface area contributed by atoms with Crippen molar-refractivity contribution in [3.63, 3.8) is 0 Å². The molecule has 7 nitrogen and oxygen atoms in total. The van der Waals surface area contributed by atoms with E-state index < -0.39 is 0 Å². The van der Waals surface area contributed by atoms with Gasteiger partial charge in [-0.05, 0) is 52.2 Å². The molecule has 0 saturated carbocycles. The van der Waals surface area contributed by atoms with E-state index in [0.29, 0.717) is 23.7 Å². The number of esters is 1. The molecule has 3 rings (SSSR count). The molecule has 174 valence electrons. The maximum atomic E-state index is 12.1. The number of guanidine groups is 1. The zero-order chi connectivity index (χ0) is 22.4. The molecule has 1 aromatic carbocycles. The number of aromatic nitrogens is 2. The van der Waals surface area contributed by atoms with E-state index in [1.807, 2.05) is 20.8 Å². The summed E-state index contributed by atoms with van der Waals surface area (Å²) in [6.45, 7) is 11.6. The predicted octanol–water partition coefficient (Wildman–Crippen LogP) is 4.89. The molecule has 3 aromatic rings. The Kier molecular flexibility index (Phi) is 9.95. The Balaban J connectivity index is 0.00000363. The van der Waals surface area contributed by atoms with Crippen LogP contribution in [-0.4, -0.2) is 41.6 Å². The van der Waals surface area contributed by atoms with Crippen molar-refractivity contribution in [2.24, 2.45) is 4.99 Å². The van der Waals surface area contributed by atoms with Gasteiger partial charge in [-0.3, -0.25) is 4.99 Å². The number of fused-ring (bicyclic) bond motifs is 1. The van der Waals surface area contributed by atoms with Crippen LogP contribution in [0, 0.1) is 13.8 Å². The summed E-state index contributed by atoms with van der Waals surface area (Å²) >= 11 is 1.37. The number of aromatic amines is 1. The number of benzene rings is 1. The molecule has 2 aromatic heterocycles. The molecule has 0 amide bonds. The fourth-order valence-electron chi connectivity index (χ4n) is 3.43. The minimum atomic E-state index is -0.314. The van der Waals surface area contributed by atoms with Crippen molar-refractivity contribution >= 4 is 58.1 Å². The van der Waals surface area contributed by atoms with Crippen LogP contribution in [0.15, 0.2) is 29.4 Å². The van der Waals surface area contributed by atoms with Gasteiger partial charge in [-0.1, -0.05) is 18.2 Å². The van der Waals surface area contributed by atoms with Crippen LogP contribution >= 0.6 is 35.3 Å². The van der Waals surface area contributed by atoms with Gasteiger partial charge in [-0.15, -0.1) is 35.3 Å². The normalized spacial score (nSPS) is 12.3. The lowest BCUT2D eigenvalue weighted by Gasteiger charge is -2.16. The number of para-hydroxylation sites is 1. The Labute approximate surface area is 210 Å². The van der Waals surface area contributed by atoms with Crippen molar-refractivity contribution < 1.29 is 9.53 Å². The minimum absolute atomic E-state index is 0. The maximum Gasteiger partial charge on any atom is 0.350 e. The quantitative estimate of drug-likeness (QED) is 0.156. The highest BCUT2D eigenvalue weighted by Crippen LogP contribution is 2.24. The van der Waals surface area contributed by atoms with Gasteiger partial charge in [0.15, 0.2) is 5.96 Å². The van der Waals surface area contributed by atoms with Gasteiger partial charge in [-0.25, -0.2) is 9.78 Å². The first-order valence-corrected chi connectivity index (χ1v) is 11.5. The smallest absolute Gasteiger partial charge is 0.350 e. The van der Waals surface area contributed by atoms with Gasteiger partial charge in [0.25, 0.3) is 0 Å². The molecule has 2 heterocycles. The Bertz CT molecular complexity index is 1080. The Morgan fingerprint density at radius 1 is 1.31 bits per heavy atom. The van der Waals surface area contributed by atoms with Crippen molar-refractivity contribution in [2.75, 3.05) is 19.7 Å². The lowest BCUT2D eigenvalue weighted by atomic mass is 10.1. The molecule has 3 N–H and O–H groups in total. The summed E-state index contributed by atoms with van der Waals surface area (Å²) in [5.41, 5.74) is 4.40. The van der Waals surface area contributed by atoms with Crippen LogP contribution in [0.1, 0.15) is 58.3 Å². The molecule has 0 bridgehead atoms. The van der Waals surface area contributed by atoms with E-state index in [9.17, 15) is 4.79 Å². The van der Waals surface area contributed by atoms with Gasteiger partial charge in [0.1, 0.15) is 9.88 Å². The van der Waals surface area contributed by atoms with Crippen LogP contribution in [0.5, 0.6) is 0 Å². The van der Waals surface area contributed by atoms with Crippen LogP contribution in [0.25, 0.3) is 10.9 Å². The average molecular weight is 570 g/mol. The fourth-order valence-corrected chi connectivity index (χ4v) is 4.40.